The number of ether oxygens (including phenoxy) is 1. The number of fused-ring (bicyclic) bond motifs is 1. The van der Waals surface area contributed by atoms with E-state index in [2.05, 4.69) is 32.4 Å². The van der Waals surface area contributed by atoms with Crippen molar-refractivity contribution in [3.8, 4) is 28.1 Å². The molecule has 0 bridgehead atoms. The van der Waals surface area contributed by atoms with Gasteiger partial charge in [-0.1, -0.05) is 24.8 Å². The monoisotopic (exact) mass is 503 g/mol. The molecular weight excluding hydrogens is 477 g/mol. The van der Waals surface area contributed by atoms with Gasteiger partial charge in [-0.3, -0.25) is 9.59 Å². The first kappa shape index (κ1) is 25.3. The van der Waals surface area contributed by atoms with Crippen molar-refractivity contribution in [1.29, 1.82) is 0 Å². The lowest BCUT2D eigenvalue weighted by Gasteiger charge is -2.21. The molecule has 10 nitrogen and oxygen atoms in total. The second-order valence-corrected chi connectivity index (χ2v) is 9.26. The molecule has 2 aromatic carbocycles. The maximum Gasteiger partial charge on any atom is 0.283 e. The van der Waals surface area contributed by atoms with Crippen LogP contribution in [0.2, 0.25) is 0 Å². The molecule has 0 aliphatic heterocycles. The van der Waals surface area contributed by atoms with E-state index >= 15 is 0 Å². The van der Waals surface area contributed by atoms with E-state index in [0.717, 1.165) is 0 Å². The highest BCUT2D eigenvalue weighted by Gasteiger charge is 2.23. The number of anilines is 2. The topological polar surface area (TPSA) is 137 Å². The van der Waals surface area contributed by atoms with E-state index in [4.69, 9.17) is 10.5 Å². The third kappa shape index (κ3) is 5.25. The molecule has 0 aliphatic rings. The molecule has 0 atom stereocenters. The van der Waals surface area contributed by atoms with E-state index in [1.54, 1.807) is 42.5 Å². The number of rotatable bonds is 6. The van der Waals surface area contributed by atoms with Crippen LogP contribution in [-0.4, -0.2) is 44.3 Å². The molecule has 190 valence electrons. The fourth-order valence-electron chi connectivity index (χ4n) is 3.75. The number of benzene rings is 2. The van der Waals surface area contributed by atoms with Gasteiger partial charge in [-0.25, -0.2) is 9.37 Å². The molecule has 2 amide bonds. The van der Waals surface area contributed by atoms with Gasteiger partial charge < -0.3 is 21.1 Å². The number of carbonyl (C=O) groups excluding carboxylic acids is 2. The van der Waals surface area contributed by atoms with Gasteiger partial charge in [0.25, 0.3) is 11.8 Å². The SMILES string of the molecule is C=C(F)C(=O)Nc1ccc(-c2nn3ncnc(N)c3c2-c2ccc(C(=O)NC(C)(C)C)c(OC)c2)cc1. The molecule has 4 aromatic rings. The molecule has 0 unspecified atom stereocenters. The number of amides is 2. The summed E-state index contributed by atoms with van der Waals surface area (Å²) in [5.41, 5.74) is 9.49. The molecule has 0 fully saturated rings. The van der Waals surface area contributed by atoms with Crippen molar-refractivity contribution in [3.05, 3.63) is 66.8 Å². The lowest BCUT2D eigenvalue weighted by Crippen LogP contribution is -2.40. The Balaban J connectivity index is 1.83. The number of nitrogen functional groups attached to an aromatic ring is 1. The number of nitrogens with one attached hydrogen (secondary N) is 2. The summed E-state index contributed by atoms with van der Waals surface area (Å²) < 4.78 is 20.0. The van der Waals surface area contributed by atoms with Crippen molar-refractivity contribution in [1.82, 2.24) is 25.1 Å². The molecule has 11 heteroatoms. The maximum absolute atomic E-state index is 13.1. The van der Waals surface area contributed by atoms with E-state index in [1.807, 2.05) is 20.8 Å². The predicted octanol–water partition coefficient (Wildman–Crippen LogP) is 4.00. The lowest BCUT2D eigenvalue weighted by atomic mass is 9.97. The van der Waals surface area contributed by atoms with Crippen LogP contribution in [0.4, 0.5) is 15.9 Å². The van der Waals surface area contributed by atoms with Crippen LogP contribution in [0.15, 0.2) is 61.2 Å². The number of hydrogen-bond donors (Lipinski definition) is 3. The molecule has 2 heterocycles. The maximum atomic E-state index is 13.1. The summed E-state index contributed by atoms with van der Waals surface area (Å²) in [6, 6.07) is 11.8. The van der Waals surface area contributed by atoms with Gasteiger partial charge in [0.15, 0.2) is 11.6 Å². The summed E-state index contributed by atoms with van der Waals surface area (Å²) in [6.45, 7) is 8.67. The van der Waals surface area contributed by atoms with Crippen LogP contribution in [-0.2, 0) is 4.79 Å². The van der Waals surface area contributed by atoms with E-state index < -0.39 is 17.3 Å². The van der Waals surface area contributed by atoms with Crippen LogP contribution in [0.1, 0.15) is 31.1 Å². The second kappa shape index (κ2) is 9.69. The third-order valence-electron chi connectivity index (χ3n) is 5.35. The number of carbonyl (C=O) groups is 2. The van der Waals surface area contributed by atoms with Crippen LogP contribution in [0.3, 0.4) is 0 Å². The van der Waals surface area contributed by atoms with Gasteiger partial charge >= 0.3 is 0 Å². The quantitative estimate of drug-likeness (QED) is 0.338. The Morgan fingerprint density at radius 3 is 2.41 bits per heavy atom. The molecular formula is C26H26FN7O3. The average molecular weight is 504 g/mol. The molecule has 0 saturated heterocycles. The van der Waals surface area contributed by atoms with Gasteiger partial charge in [0.2, 0.25) is 0 Å². The first-order chi connectivity index (χ1) is 17.5. The Bertz CT molecular complexity index is 1520. The summed E-state index contributed by atoms with van der Waals surface area (Å²) in [7, 11) is 1.49. The number of methoxy groups -OCH3 is 1. The first-order valence-electron chi connectivity index (χ1n) is 11.2. The van der Waals surface area contributed by atoms with Crippen molar-refractivity contribution in [2.45, 2.75) is 26.3 Å². The van der Waals surface area contributed by atoms with Crippen LogP contribution in [0.5, 0.6) is 5.75 Å². The number of halogens is 1. The highest BCUT2D eigenvalue weighted by molar-refractivity contribution is 6.02. The van der Waals surface area contributed by atoms with Gasteiger partial charge in [-0.05, 0) is 50.6 Å². The molecule has 0 spiro atoms. The summed E-state index contributed by atoms with van der Waals surface area (Å²) in [5, 5.41) is 14.1. The zero-order valence-corrected chi connectivity index (χ0v) is 20.8. The molecule has 4 N–H and O–H groups in total. The van der Waals surface area contributed by atoms with Crippen molar-refractivity contribution in [2.24, 2.45) is 0 Å². The Hall–Kier alpha value is -4.80. The van der Waals surface area contributed by atoms with Gasteiger partial charge in [-0.2, -0.15) is 0 Å². The minimum atomic E-state index is -1.09. The fraction of sp³-hybridized carbons (Fsp3) is 0.192. The van der Waals surface area contributed by atoms with Crippen LogP contribution < -0.4 is 21.1 Å². The smallest absolute Gasteiger partial charge is 0.283 e. The number of nitrogens with two attached hydrogens (primary N) is 1. The van der Waals surface area contributed by atoms with Gasteiger partial charge in [0, 0.05) is 22.4 Å². The van der Waals surface area contributed by atoms with Crippen LogP contribution in [0.25, 0.3) is 27.9 Å². The molecule has 0 radical (unpaired) electrons. The summed E-state index contributed by atoms with van der Waals surface area (Å²) >= 11 is 0. The molecule has 2 aromatic heterocycles. The lowest BCUT2D eigenvalue weighted by molar-refractivity contribution is -0.114. The largest absolute Gasteiger partial charge is 0.496 e. The zero-order chi connectivity index (χ0) is 26.9. The van der Waals surface area contributed by atoms with E-state index in [9.17, 15) is 14.0 Å². The Kier molecular flexibility index (Phi) is 6.62. The van der Waals surface area contributed by atoms with E-state index in [0.29, 0.717) is 44.9 Å². The highest BCUT2D eigenvalue weighted by Crippen LogP contribution is 2.39. The predicted molar refractivity (Wildman–Crippen MR) is 139 cm³/mol. The van der Waals surface area contributed by atoms with Gasteiger partial charge in [-0.15, -0.1) is 14.8 Å². The second-order valence-electron chi connectivity index (χ2n) is 9.26. The molecule has 37 heavy (non-hydrogen) atoms. The van der Waals surface area contributed by atoms with Crippen molar-refractivity contribution < 1.29 is 18.7 Å². The average Bonchev–Trinajstić information content (AvgIpc) is 3.24. The van der Waals surface area contributed by atoms with E-state index in [-0.39, 0.29) is 11.7 Å². The number of nitrogens with zero attached hydrogens (tertiary/aromatic N) is 4. The zero-order valence-electron chi connectivity index (χ0n) is 20.8. The minimum absolute atomic E-state index is 0.211. The number of aromatic nitrogens is 4. The summed E-state index contributed by atoms with van der Waals surface area (Å²) in [5.74, 6) is -1.71. The molecule has 0 saturated carbocycles. The van der Waals surface area contributed by atoms with Gasteiger partial charge in [0.1, 0.15) is 23.3 Å². The van der Waals surface area contributed by atoms with Crippen molar-refractivity contribution >= 4 is 28.8 Å². The molecule has 4 rings (SSSR count). The standard InChI is InChI=1S/C26H26FN7O3/c1-14(27)24(35)31-17-9-6-15(7-10-17)21-20(22-23(28)29-13-30-34(22)33-21)16-8-11-18(19(12-16)37-5)25(36)32-26(2,3)4/h6-13H,1H2,2-5H3,(H,31,35)(H,32,36)(H2,28,29,30). The summed E-state index contributed by atoms with van der Waals surface area (Å²) in [6.07, 6.45) is 1.30. The molecule has 0 aliphatic carbocycles. The normalized spacial score (nSPS) is 11.3. The minimum Gasteiger partial charge on any atom is -0.496 e. The number of hydrogen-bond acceptors (Lipinski definition) is 7. The fourth-order valence-corrected chi connectivity index (χ4v) is 3.75. The van der Waals surface area contributed by atoms with Crippen LogP contribution in [0, 0.1) is 0 Å². The Labute approximate surface area is 212 Å². The summed E-state index contributed by atoms with van der Waals surface area (Å²) in [4.78, 5) is 28.6. The van der Waals surface area contributed by atoms with Crippen molar-refractivity contribution in [2.75, 3.05) is 18.2 Å². The Morgan fingerprint density at radius 1 is 1.11 bits per heavy atom. The van der Waals surface area contributed by atoms with Crippen LogP contribution >= 0.6 is 0 Å². The van der Waals surface area contributed by atoms with Gasteiger partial charge in [0.05, 0.1) is 12.7 Å². The van der Waals surface area contributed by atoms with E-state index in [1.165, 1.54) is 18.1 Å². The first-order valence-corrected chi connectivity index (χ1v) is 11.2. The Morgan fingerprint density at radius 2 is 1.78 bits per heavy atom. The highest BCUT2D eigenvalue weighted by atomic mass is 19.1. The van der Waals surface area contributed by atoms with Crippen molar-refractivity contribution in [3.63, 3.8) is 0 Å². The third-order valence-corrected chi connectivity index (χ3v) is 5.35.